The normalized spacial score (nSPS) is 9.42. The molecule has 0 unspecified atom stereocenters. The molecule has 0 spiro atoms. The highest BCUT2D eigenvalue weighted by atomic mass is 16.4. The van der Waals surface area contributed by atoms with E-state index in [1.165, 1.54) is 0 Å². The number of hydrogen-bond acceptors (Lipinski definition) is 1. The van der Waals surface area contributed by atoms with E-state index in [1.807, 2.05) is 0 Å². The molecule has 1 aromatic rings. The van der Waals surface area contributed by atoms with E-state index in [9.17, 15) is 4.79 Å². The molecule has 0 radical (unpaired) electrons. The van der Waals surface area contributed by atoms with Gasteiger partial charge in [0.05, 0.1) is 11.3 Å². The second-order valence-corrected chi connectivity index (χ2v) is 2.52. The van der Waals surface area contributed by atoms with Crippen LogP contribution in [0.1, 0.15) is 21.6 Å². The maximum atomic E-state index is 10.6. The molecule has 2 N–H and O–H groups in total. The molecular formula is C8H8N2O2. The first-order valence-electron chi connectivity index (χ1n) is 3.37. The monoisotopic (exact) mass is 164 g/mol. The predicted molar refractivity (Wildman–Crippen MR) is 43.5 cm³/mol. The number of aryl methyl sites for hydroxylation is 1. The van der Waals surface area contributed by atoms with Crippen molar-refractivity contribution in [2.75, 3.05) is 0 Å². The number of hydrogen-bond donors (Lipinski definition) is 2. The van der Waals surface area contributed by atoms with Gasteiger partial charge in [-0.15, -0.1) is 0 Å². The number of carbonyl (C=O) groups is 1. The van der Waals surface area contributed by atoms with Crippen LogP contribution in [0.4, 0.5) is 5.82 Å². The maximum absolute atomic E-state index is 10.6. The number of aromatic carboxylic acids is 1. The van der Waals surface area contributed by atoms with Crippen LogP contribution in [-0.2, 0) is 0 Å². The van der Waals surface area contributed by atoms with Crippen molar-refractivity contribution in [3.63, 3.8) is 0 Å². The number of aromatic nitrogens is 1. The Morgan fingerprint density at radius 1 is 1.58 bits per heavy atom. The molecular weight excluding hydrogens is 156 g/mol. The van der Waals surface area contributed by atoms with Crippen LogP contribution in [0.25, 0.3) is 4.85 Å². The van der Waals surface area contributed by atoms with Crippen molar-refractivity contribution in [3.8, 4) is 0 Å². The molecule has 0 fully saturated rings. The molecule has 1 rings (SSSR count). The van der Waals surface area contributed by atoms with Gasteiger partial charge in [-0.05, 0) is 19.4 Å². The van der Waals surface area contributed by atoms with Gasteiger partial charge in [-0.1, -0.05) is 6.57 Å². The topological polar surface area (TPSA) is 57.5 Å². The average molecular weight is 164 g/mol. The van der Waals surface area contributed by atoms with Gasteiger partial charge in [0.2, 0.25) is 5.82 Å². The Kier molecular flexibility index (Phi) is 1.88. The number of H-pyrrole nitrogens is 1. The molecule has 1 aromatic heterocycles. The van der Waals surface area contributed by atoms with Gasteiger partial charge < -0.3 is 14.9 Å². The van der Waals surface area contributed by atoms with E-state index in [1.54, 1.807) is 13.8 Å². The summed E-state index contributed by atoms with van der Waals surface area (Å²) >= 11 is 0. The number of carboxylic acids is 1. The lowest BCUT2D eigenvalue weighted by atomic mass is 10.1. The highest BCUT2D eigenvalue weighted by molar-refractivity contribution is 5.92. The van der Waals surface area contributed by atoms with E-state index < -0.39 is 5.97 Å². The minimum atomic E-state index is -0.990. The summed E-state index contributed by atoms with van der Waals surface area (Å²) in [5.74, 6) is -0.680. The van der Waals surface area contributed by atoms with E-state index in [0.717, 1.165) is 0 Å². The van der Waals surface area contributed by atoms with Crippen LogP contribution in [0.15, 0.2) is 0 Å². The lowest BCUT2D eigenvalue weighted by molar-refractivity contribution is 0.0695. The van der Waals surface area contributed by atoms with Crippen LogP contribution >= 0.6 is 0 Å². The first-order valence-corrected chi connectivity index (χ1v) is 3.37. The van der Waals surface area contributed by atoms with Gasteiger partial charge in [0.25, 0.3) is 0 Å². The third-order valence-electron chi connectivity index (χ3n) is 1.74. The Morgan fingerprint density at radius 3 is 2.42 bits per heavy atom. The van der Waals surface area contributed by atoms with Crippen molar-refractivity contribution in [1.29, 1.82) is 0 Å². The summed E-state index contributed by atoms with van der Waals surface area (Å²) in [6.45, 7) is 10.0. The molecule has 0 saturated heterocycles. The number of nitrogens with one attached hydrogen (secondary N) is 1. The first kappa shape index (κ1) is 8.34. The molecule has 0 aliphatic rings. The molecule has 0 aliphatic heterocycles. The van der Waals surface area contributed by atoms with E-state index >= 15 is 0 Å². The van der Waals surface area contributed by atoms with Crippen LogP contribution in [0.3, 0.4) is 0 Å². The summed E-state index contributed by atoms with van der Waals surface area (Å²) in [4.78, 5) is 16.5. The minimum absolute atomic E-state index is 0.209. The van der Waals surface area contributed by atoms with Crippen molar-refractivity contribution in [2.45, 2.75) is 13.8 Å². The Hall–Kier alpha value is -1.76. The number of aromatic amines is 1. The molecule has 4 heteroatoms. The van der Waals surface area contributed by atoms with Crippen LogP contribution < -0.4 is 0 Å². The molecule has 1 heterocycles. The zero-order chi connectivity index (χ0) is 9.30. The summed E-state index contributed by atoms with van der Waals surface area (Å²) < 4.78 is 0. The predicted octanol–water partition coefficient (Wildman–Crippen LogP) is 1.88. The molecule has 0 bridgehead atoms. The van der Waals surface area contributed by atoms with Gasteiger partial charge >= 0.3 is 5.97 Å². The third kappa shape index (κ3) is 1.05. The molecule has 62 valence electrons. The lowest BCUT2D eigenvalue weighted by Gasteiger charge is -1.91. The largest absolute Gasteiger partial charge is 0.478 e. The molecule has 0 atom stereocenters. The van der Waals surface area contributed by atoms with Gasteiger partial charge in [-0.25, -0.2) is 4.79 Å². The fraction of sp³-hybridized carbons (Fsp3) is 0.250. The van der Waals surface area contributed by atoms with Gasteiger partial charge in [0.15, 0.2) is 0 Å². The molecule has 0 aliphatic carbocycles. The van der Waals surface area contributed by atoms with E-state index in [2.05, 4.69) is 9.83 Å². The molecule has 0 saturated carbocycles. The fourth-order valence-electron chi connectivity index (χ4n) is 1.17. The Balaban J connectivity index is 3.40. The van der Waals surface area contributed by atoms with E-state index in [0.29, 0.717) is 17.1 Å². The summed E-state index contributed by atoms with van der Waals surface area (Å²) in [5.41, 5.74) is 1.25. The second-order valence-electron chi connectivity index (χ2n) is 2.52. The Morgan fingerprint density at radius 2 is 2.17 bits per heavy atom. The minimum Gasteiger partial charge on any atom is -0.478 e. The molecule has 12 heavy (non-hydrogen) atoms. The number of carboxylic acid groups (broad SMARTS) is 1. The summed E-state index contributed by atoms with van der Waals surface area (Å²) in [6.07, 6.45) is 0. The Bertz CT molecular complexity index is 371. The quantitative estimate of drug-likeness (QED) is 0.622. The van der Waals surface area contributed by atoms with Crippen LogP contribution in [0.5, 0.6) is 0 Å². The number of nitrogens with zero attached hydrogens (tertiary/aromatic N) is 1. The van der Waals surface area contributed by atoms with Crippen molar-refractivity contribution in [2.24, 2.45) is 0 Å². The Labute approximate surface area is 69.7 Å². The zero-order valence-electron chi connectivity index (χ0n) is 6.80. The highest BCUT2D eigenvalue weighted by Crippen LogP contribution is 2.23. The molecule has 0 amide bonds. The van der Waals surface area contributed by atoms with Gasteiger partial charge in [0.1, 0.15) is 0 Å². The first-order chi connectivity index (χ1) is 5.57. The second kappa shape index (κ2) is 2.70. The third-order valence-corrected chi connectivity index (χ3v) is 1.74. The van der Waals surface area contributed by atoms with Gasteiger partial charge in [-0.2, -0.15) is 0 Å². The summed E-state index contributed by atoms with van der Waals surface area (Å²) in [5, 5.41) is 8.73. The summed E-state index contributed by atoms with van der Waals surface area (Å²) in [7, 11) is 0. The lowest BCUT2D eigenvalue weighted by Crippen LogP contribution is -1.98. The maximum Gasteiger partial charge on any atom is 0.338 e. The number of rotatable bonds is 1. The summed E-state index contributed by atoms with van der Waals surface area (Å²) in [6, 6.07) is 0. The average Bonchev–Trinajstić information content (AvgIpc) is 2.25. The van der Waals surface area contributed by atoms with Gasteiger partial charge in [0, 0.05) is 0 Å². The SMILES string of the molecule is [C-]#[N+]c1[nH]c(C)c(C(=O)O)c1C. The molecule has 0 aromatic carbocycles. The van der Waals surface area contributed by atoms with Crippen LogP contribution in [0, 0.1) is 20.4 Å². The standard InChI is InChI=1S/C8H8N2O2/c1-4-6(8(11)12)5(2)10-7(4)9-3/h10H,1-2H3,(H,11,12). The van der Waals surface area contributed by atoms with Crippen molar-refractivity contribution in [1.82, 2.24) is 4.98 Å². The fourth-order valence-corrected chi connectivity index (χ4v) is 1.17. The van der Waals surface area contributed by atoms with Crippen LogP contribution in [-0.4, -0.2) is 16.1 Å². The van der Waals surface area contributed by atoms with Crippen LogP contribution in [0.2, 0.25) is 0 Å². The van der Waals surface area contributed by atoms with Gasteiger partial charge in [-0.3, -0.25) is 0 Å². The van der Waals surface area contributed by atoms with Crippen molar-refractivity contribution >= 4 is 11.8 Å². The zero-order valence-corrected chi connectivity index (χ0v) is 6.80. The highest BCUT2D eigenvalue weighted by Gasteiger charge is 2.17. The smallest absolute Gasteiger partial charge is 0.338 e. The molecule has 4 nitrogen and oxygen atoms in total. The van der Waals surface area contributed by atoms with E-state index in [4.69, 9.17) is 11.7 Å². The van der Waals surface area contributed by atoms with E-state index in [-0.39, 0.29) is 5.56 Å². The van der Waals surface area contributed by atoms with Crippen molar-refractivity contribution < 1.29 is 9.90 Å². The van der Waals surface area contributed by atoms with Crippen molar-refractivity contribution in [3.05, 3.63) is 28.2 Å².